The molecule has 0 spiro atoms. The summed E-state index contributed by atoms with van der Waals surface area (Å²) in [7, 11) is 0. The van der Waals surface area contributed by atoms with Crippen LogP contribution in [0.25, 0.3) is 22.4 Å². The third-order valence-electron chi connectivity index (χ3n) is 5.48. The Balaban J connectivity index is 1.26. The SMILES string of the molecule is O=C(Nc1ccc(-c2nc3ccccc3[nH]2)cc1)[C@H]1CCCN(c2cnccn2)C1. The highest BCUT2D eigenvalue weighted by molar-refractivity contribution is 5.93. The Labute approximate surface area is 174 Å². The molecule has 7 nitrogen and oxygen atoms in total. The molecule has 1 aliphatic rings. The van der Waals surface area contributed by atoms with Crippen molar-refractivity contribution in [1.29, 1.82) is 0 Å². The number of para-hydroxylation sites is 2. The van der Waals surface area contributed by atoms with Crippen LogP contribution in [0.4, 0.5) is 11.5 Å². The van der Waals surface area contributed by atoms with Crippen molar-refractivity contribution in [1.82, 2.24) is 19.9 Å². The van der Waals surface area contributed by atoms with E-state index in [-0.39, 0.29) is 11.8 Å². The molecule has 1 atom stereocenters. The molecule has 0 aliphatic carbocycles. The molecule has 1 aliphatic heterocycles. The number of nitrogens with zero attached hydrogens (tertiary/aromatic N) is 4. The van der Waals surface area contributed by atoms with Gasteiger partial charge in [-0.15, -0.1) is 0 Å². The van der Waals surface area contributed by atoms with E-state index in [4.69, 9.17) is 0 Å². The number of H-pyrrole nitrogens is 1. The zero-order valence-corrected chi connectivity index (χ0v) is 16.5. The number of carbonyl (C=O) groups excluding carboxylic acids is 1. The Hall–Kier alpha value is -3.74. The van der Waals surface area contributed by atoms with Crippen LogP contribution < -0.4 is 10.2 Å². The van der Waals surface area contributed by atoms with Gasteiger partial charge in [-0.2, -0.15) is 0 Å². The van der Waals surface area contributed by atoms with Crippen LogP contribution in [0.1, 0.15) is 12.8 Å². The van der Waals surface area contributed by atoms with Crippen LogP contribution in [0, 0.1) is 5.92 Å². The Morgan fingerprint density at radius 2 is 1.97 bits per heavy atom. The lowest BCUT2D eigenvalue weighted by Crippen LogP contribution is -2.41. The van der Waals surface area contributed by atoms with Crippen molar-refractivity contribution in [2.75, 3.05) is 23.3 Å². The van der Waals surface area contributed by atoms with Crippen molar-refractivity contribution < 1.29 is 4.79 Å². The van der Waals surface area contributed by atoms with E-state index in [1.165, 1.54) is 0 Å². The van der Waals surface area contributed by atoms with Crippen LogP contribution >= 0.6 is 0 Å². The molecule has 5 rings (SSSR count). The molecule has 0 saturated carbocycles. The van der Waals surface area contributed by atoms with E-state index in [9.17, 15) is 4.79 Å². The molecular formula is C23H22N6O. The first-order valence-electron chi connectivity index (χ1n) is 10.1. The average molecular weight is 398 g/mol. The van der Waals surface area contributed by atoms with Crippen LogP contribution in [0.3, 0.4) is 0 Å². The first-order valence-corrected chi connectivity index (χ1v) is 10.1. The predicted molar refractivity (Wildman–Crippen MR) is 117 cm³/mol. The molecule has 2 aromatic carbocycles. The lowest BCUT2D eigenvalue weighted by molar-refractivity contribution is -0.120. The summed E-state index contributed by atoms with van der Waals surface area (Å²) in [6, 6.07) is 15.7. The van der Waals surface area contributed by atoms with E-state index in [0.717, 1.165) is 53.3 Å². The number of carbonyl (C=O) groups is 1. The summed E-state index contributed by atoms with van der Waals surface area (Å²) in [6.45, 7) is 1.55. The minimum absolute atomic E-state index is 0.0417. The molecular weight excluding hydrogens is 376 g/mol. The Morgan fingerprint density at radius 1 is 1.10 bits per heavy atom. The number of hydrogen-bond acceptors (Lipinski definition) is 5. The van der Waals surface area contributed by atoms with Crippen molar-refractivity contribution in [3.05, 3.63) is 67.1 Å². The van der Waals surface area contributed by atoms with E-state index in [2.05, 4.69) is 30.2 Å². The number of benzene rings is 2. The van der Waals surface area contributed by atoms with Crippen molar-refractivity contribution in [3.8, 4) is 11.4 Å². The van der Waals surface area contributed by atoms with Gasteiger partial charge in [0.25, 0.3) is 0 Å². The smallest absolute Gasteiger partial charge is 0.229 e. The largest absolute Gasteiger partial charge is 0.355 e. The summed E-state index contributed by atoms with van der Waals surface area (Å²) in [4.78, 5) is 31.4. The first kappa shape index (κ1) is 18.3. The van der Waals surface area contributed by atoms with Crippen LogP contribution in [-0.4, -0.2) is 38.9 Å². The van der Waals surface area contributed by atoms with E-state index < -0.39 is 0 Å². The molecule has 2 N–H and O–H groups in total. The maximum Gasteiger partial charge on any atom is 0.229 e. The molecule has 1 amide bonds. The number of imidazole rings is 1. The maximum atomic E-state index is 12.8. The fourth-order valence-corrected chi connectivity index (χ4v) is 3.90. The number of rotatable bonds is 4. The van der Waals surface area contributed by atoms with E-state index in [1.54, 1.807) is 18.6 Å². The quantitative estimate of drug-likeness (QED) is 0.545. The van der Waals surface area contributed by atoms with Gasteiger partial charge in [-0.05, 0) is 49.2 Å². The molecule has 3 heterocycles. The first-order chi connectivity index (χ1) is 14.8. The van der Waals surface area contributed by atoms with Gasteiger partial charge < -0.3 is 15.2 Å². The second-order valence-electron chi connectivity index (χ2n) is 7.52. The number of aromatic nitrogens is 4. The zero-order chi connectivity index (χ0) is 20.3. The van der Waals surface area contributed by atoms with Crippen molar-refractivity contribution in [3.63, 3.8) is 0 Å². The van der Waals surface area contributed by atoms with E-state index >= 15 is 0 Å². The molecule has 1 fully saturated rings. The van der Waals surface area contributed by atoms with Gasteiger partial charge in [0.1, 0.15) is 11.6 Å². The second kappa shape index (κ2) is 7.94. The normalized spacial score (nSPS) is 16.5. The molecule has 0 bridgehead atoms. The van der Waals surface area contributed by atoms with E-state index in [1.807, 2.05) is 48.5 Å². The van der Waals surface area contributed by atoms with Gasteiger partial charge in [-0.1, -0.05) is 12.1 Å². The minimum atomic E-state index is -0.0733. The molecule has 30 heavy (non-hydrogen) atoms. The van der Waals surface area contributed by atoms with Crippen molar-refractivity contribution in [2.24, 2.45) is 5.92 Å². The van der Waals surface area contributed by atoms with Gasteiger partial charge in [-0.3, -0.25) is 9.78 Å². The Kier molecular flexibility index (Phi) is 4.85. The fraction of sp³-hybridized carbons (Fsp3) is 0.217. The summed E-state index contributed by atoms with van der Waals surface area (Å²) in [5.74, 6) is 1.61. The summed E-state index contributed by atoms with van der Waals surface area (Å²) >= 11 is 0. The van der Waals surface area contributed by atoms with Crippen molar-refractivity contribution in [2.45, 2.75) is 12.8 Å². The van der Waals surface area contributed by atoms with Crippen LogP contribution in [0.2, 0.25) is 0 Å². The summed E-state index contributed by atoms with van der Waals surface area (Å²) in [5, 5.41) is 3.06. The molecule has 1 saturated heterocycles. The van der Waals surface area contributed by atoms with Gasteiger partial charge in [0, 0.05) is 36.7 Å². The van der Waals surface area contributed by atoms with Crippen LogP contribution in [0.15, 0.2) is 67.1 Å². The number of anilines is 2. The molecule has 0 radical (unpaired) electrons. The van der Waals surface area contributed by atoms with Gasteiger partial charge in [0.2, 0.25) is 5.91 Å². The number of amides is 1. The fourth-order valence-electron chi connectivity index (χ4n) is 3.90. The molecule has 7 heteroatoms. The average Bonchev–Trinajstić information content (AvgIpc) is 3.24. The number of hydrogen-bond donors (Lipinski definition) is 2. The Bertz CT molecular complexity index is 1120. The Morgan fingerprint density at radius 3 is 2.77 bits per heavy atom. The topological polar surface area (TPSA) is 86.8 Å². The minimum Gasteiger partial charge on any atom is -0.355 e. The monoisotopic (exact) mass is 398 g/mol. The number of fused-ring (bicyclic) bond motifs is 1. The number of nitrogens with one attached hydrogen (secondary N) is 2. The van der Waals surface area contributed by atoms with Gasteiger partial charge in [0.05, 0.1) is 23.1 Å². The summed E-state index contributed by atoms with van der Waals surface area (Å²) in [5.41, 5.74) is 3.72. The standard InChI is InChI=1S/C23H22N6O/c30-23(17-4-3-13-29(15-17)21-14-24-11-12-25-21)26-18-9-7-16(8-10-18)22-27-19-5-1-2-6-20(19)28-22/h1-2,5-12,14,17H,3-4,13,15H2,(H,26,30)(H,27,28)/t17-/m0/s1. The molecule has 2 aromatic heterocycles. The summed E-state index contributed by atoms with van der Waals surface area (Å²) < 4.78 is 0. The second-order valence-corrected chi connectivity index (χ2v) is 7.52. The summed E-state index contributed by atoms with van der Waals surface area (Å²) in [6.07, 6.45) is 6.92. The number of piperidine rings is 1. The van der Waals surface area contributed by atoms with Crippen molar-refractivity contribution >= 4 is 28.4 Å². The van der Waals surface area contributed by atoms with Gasteiger partial charge in [0.15, 0.2) is 0 Å². The highest BCUT2D eigenvalue weighted by Gasteiger charge is 2.26. The molecule has 150 valence electrons. The maximum absolute atomic E-state index is 12.8. The third-order valence-corrected chi connectivity index (χ3v) is 5.48. The molecule has 4 aromatic rings. The highest BCUT2D eigenvalue weighted by Crippen LogP contribution is 2.24. The highest BCUT2D eigenvalue weighted by atomic mass is 16.1. The number of aromatic amines is 1. The lowest BCUT2D eigenvalue weighted by atomic mass is 9.97. The zero-order valence-electron chi connectivity index (χ0n) is 16.5. The lowest BCUT2D eigenvalue weighted by Gasteiger charge is -2.32. The van der Waals surface area contributed by atoms with Crippen LogP contribution in [-0.2, 0) is 4.79 Å². The predicted octanol–water partition coefficient (Wildman–Crippen LogP) is 3.88. The van der Waals surface area contributed by atoms with Crippen LogP contribution in [0.5, 0.6) is 0 Å². The third kappa shape index (κ3) is 3.74. The van der Waals surface area contributed by atoms with Gasteiger partial charge >= 0.3 is 0 Å². The van der Waals surface area contributed by atoms with Gasteiger partial charge in [-0.25, -0.2) is 9.97 Å². The van der Waals surface area contributed by atoms with E-state index in [0.29, 0.717) is 6.54 Å². The molecule has 0 unspecified atom stereocenters.